The summed E-state index contributed by atoms with van der Waals surface area (Å²) in [6, 6.07) is 24.3. The maximum absolute atomic E-state index is 11.7. The van der Waals surface area contributed by atoms with Gasteiger partial charge in [0.15, 0.2) is 0 Å². The molecule has 0 spiro atoms. The van der Waals surface area contributed by atoms with E-state index >= 15 is 0 Å². The van der Waals surface area contributed by atoms with Crippen LogP contribution in [0.3, 0.4) is 0 Å². The molecular weight excluding hydrogens is 402 g/mol. The fraction of sp³-hybridized carbons (Fsp3) is 0. The monoisotopic (exact) mass is 420 g/mol. The van der Waals surface area contributed by atoms with Crippen molar-refractivity contribution in [1.82, 2.24) is 0 Å². The third-order valence-electron chi connectivity index (χ3n) is 4.08. The summed E-state index contributed by atoms with van der Waals surface area (Å²) >= 11 is 1.41. The normalized spacial score (nSPS) is 10.1. The van der Waals surface area contributed by atoms with E-state index in [-0.39, 0.29) is 11.2 Å². The van der Waals surface area contributed by atoms with Gasteiger partial charge in [0.25, 0.3) is 0 Å². The second-order valence-corrected chi connectivity index (χ2v) is 7.38. The molecule has 150 valence electrons. The first-order valence-electron chi connectivity index (χ1n) is 9.02. The smallest absolute Gasteiger partial charge is 0.423 e. The molecule has 0 aliphatic carbocycles. The van der Waals surface area contributed by atoms with Crippen LogP contribution in [0.4, 0.5) is 0 Å². The van der Waals surface area contributed by atoms with Crippen molar-refractivity contribution < 1.29 is 29.6 Å². The lowest BCUT2D eigenvalue weighted by Crippen LogP contribution is -2.29. The fourth-order valence-electron chi connectivity index (χ4n) is 2.61. The zero-order valence-electron chi connectivity index (χ0n) is 15.8. The Bertz CT molecular complexity index is 1080. The quantitative estimate of drug-likeness (QED) is 0.224. The Hall–Kier alpha value is -2.94. The number of rotatable bonds is 4. The standard InChI is InChI=1S/C13H11BO4.C8H7BO2S/c15-13(10-5-2-1-3-6-10)18-12-8-4-7-11(9-12)14(16)17;10-9(11)8-5-6-3-1-2-4-7(6)12-8/h1-9,16-17H;1-5,10-11H. The third kappa shape index (κ3) is 5.79. The van der Waals surface area contributed by atoms with Crippen LogP contribution in [0, 0.1) is 0 Å². The lowest BCUT2D eigenvalue weighted by atomic mass is 9.80. The highest BCUT2D eigenvalue weighted by atomic mass is 32.1. The van der Waals surface area contributed by atoms with Crippen LogP contribution in [0.5, 0.6) is 5.75 Å². The van der Waals surface area contributed by atoms with E-state index in [1.165, 1.54) is 23.5 Å². The number of fused-ring (bicyclic) bond motifs is 1. The predicted molar refractivity (Wildman–Crippen MR) is 119 cm³/mol. The lowest BCUT2D eigenvalue weighted by Gasteiger charge is -2.06. The van der Waals surface area contributed by atoms with Gasteiger partial charge >= 0.3 is 20.2 Å². The van der Waals surface area contributed by atoms with Crippen LogP contribution in [0.15, 0.2) is 84.9 Å². The molecule has 0 saturated carbocycles. The highest BCUT2D eigenvalue weighted by molar-refractivity contribution is 7.27. The number of thiophene rings is 1. The van der Waals surface area contributed by atoms with Crippen LogP contribution < -0.4 is 15.0 Å². The van der Waals surface area contributed by atoms with Crippen molar-refractivity contribution in [2.45, 2.75) is 0 Å². The summed E-state index contributed by atoms with van der Waals surface area (Å²) in [5.74, 6) is -0.213. The summed E-state index contributed by atoms with van der Waals surface area (Å²) in [5.41, 5.74) is 0.709. The SMILES string of the molecule is O=C(Oc1cccc(B(O)O)c1)c1ccccc1.OB(O)c1cc2ccccc2s1. The molecule has 0 atom stereocenters. The van der Waals surface area contributed by atoms with Gasteiger partial charge in [-0.15, -0.1) is 11.3 Å². The van der Waals surface area contributed by atoms with Gasteiger partial charge in [0.2, 0.25) is 0 Å². The van der Waals surface area contributed by atoms with Crippen LogP contribution in [0.25, 0.3) is 10.1 Å². The van der Waals surface area contributed by atoms with E-state index in [1.807, 2.05) is 24.3 Å². The Morgan fingerprint density at radius 3 is 2.13 bits per heavy atom. The first kappa shape index (κ1) is 21.8. The maximum Gasteiger partial charge on any atom is 0.499 e. The minimum Gasteiger partial charge on any atom is -0.423 e. The summed E-state index contributed by atoms with van der Waals surface area (Å²) in [6.07, 6.45) is 0. The molecule has 0 aliphatic heterocycles. The van der Waals surface area contributed by atoms with E-state index < -0.39 is 20.2 Å². The highest BCUT2D eigenvalue weighted by Crippen LogP contribution is 2.18. The Kier molecular flexibility index (Phi) is 7.40. The molecule has 4 N–H and O–H groups in total. The average Bonchev–Trinajstić information content (AvgIpc) is 3.20. The molecule has 0 unspecified atom stereocenters. The second kappa shape index (κ2) is 10.2. The molecule has 0 saturated heterocycles. The number of carbonyl (C=O) groups is 1. The topological polar surface area (TPSA) is 107 Å². The molecule has 1 aromatic heterocycles. The minimum absolute atomic E-state index is 0.272. The van der Waals surface area contributed by atoms with Crippen LogP contribution in [-0.2, 0) is 0 Å². The van der Waals surface area contributed by atoms with E-state index in [1.54, 1.807) is 48.5 Å². The first-order valence-corrected chi connectivity index (χ1v) is 9.83. The van der Waals surface area contributed by atoms with Gasteiger partial charge in [0.05, 0.1) is 5.56 Å². The first-order chi connectivity index (χ1) is 14.4. The summed E-state index contributed by atoms with van der Waals surface area (Å²) in [6.45, 7) is 0. The Labute approximate surface area is 177 Å². The molecular formula is C21H18B2O6S. The van der Waals surface area contributed by atoms with Crippen molar-refractivity contribution >= 4 is 51.9 Å². The molecule has 30 heavy (non-hydrogen) atoms. The number of hydrogen-bond donors (Lipinski definition) is 4. The van der Waals surface area contributed by atoms with Gasteiger partial charge in [0.1, 0.15) is 5.75 Å². The molecule has 0 bridgehead atoms. The molecule has 3 aromatic carbocycles. The summed E-state index contributed by atoms with van der Waals surface area (Å²) in [7, 11) is -2.93. The number of benzene rings is 3. The zero-order chi connectivity index (χ0) is 21.5. The number of ether oxygens (including phenoxy) is 1. The number of esters is 1. The fourth-order valence-corrected chi connectivity index (χ4v) is 3.55. The van der Waals surface area contributed by atoms with Gasteiger partial charge in [-0.25, -0.2) is 4.79 Å². The van der Waals surface area contributed by atoms with Crippen molar-refractivity contribution in [3.05, 3.63) is 90.5 Å². The van der Waals surface area contributed by atoms with E-state index in [0.29, 0.717) is 10.3 Å². The number of carbonyl (C=O) groups excluding carboxylic acids is 1. The predicted octanol–water partition coefficient (Wildman–Crippen LogP) is 1.17. The van der Waals surface area contributed by atoms with E-state index in [4.69, 9.17) is 24.8 Å². The van der Waals surface area contributed by atoms with Gasteiger partial charge < -0.3 is 24.8 Å². The average molecular weight is 420 g/mol. The van der Waals surface area contributed by atoms with Crippen molar-refractivity contribution in [3.63, 3.8) is 0 Å². The molecule has 0 amide bonds. The zero-order valence-corrected chi connectivity index (χ0v) is 16.6. The van der Waals surface area contributed by atoms with E-state index in [9.17, 15) is 4.79 Å². The second-order valence-electron chi connectivity index (χ2n) is 6.26. The molecule has 9 heteroatoms. The molecule has 4 aromatic rings. The van der Waals surface area contributed by atoms with Crippen LogP contribution >= 0.6 is 11.3 Å². The Morgan fingerprint density at radius 2 is 1.47 bits per heavy atom. The maximum atomic E-state index is 11.7. The molecule has 0 fully saturated rings. The summed E-state index contributed by atoms with van der Waals surface area (Å²) in [4.78, 5) is 11.7. The Balaban J connectivity index is 0.000000184. The largest absolute Gasteiger partial charge is 0.499 e. The van der Waals surface area contributed by atoms with Crippen molar-refractivity contribution in [1.29, 1.82) is 0 Å². The van der Waals surface area contributed by atoms with Gasteiger partial charge in [-0.2, -0.15) is 0 Å². The molecule has 6 nitrogen and oxygen atoms in total. The van der Waals surface area contributed by atoms with Crippen LogP contribution in [0.1, 0.15) is 10.4 Å². The van der Waals surface area contributed by atoms with Gasteiger partial charge in [-0.05, 0) is 47.2 Å². The molecule has 0 aliphatic rings. The van der Waals surface area contributed by atoms with Crippen molar-refractivity contribution in [2.24, 2.45) is 0 Å². The van der Waals surface area contributed by atoms with E-state index in [0.717, 1.165) is 10.1 Å². The van der Waals surface area contributed by atoms with Crippen molar-refractivity contribution in [2.75, 3.05) is 0 Å². The third-order valence-corrected chi connectivity index (χ3v) is 5.23. The Morgan fingerprint density at radius 1 is 0.767 bits per heavy atom. The van der Waals surface area contributed by atoms with Gasteiger partial charge in [0, 0.05) is 9.48 Å². The molecule has 1 heterocycles. The van der Waals surface area contributed by atoms with E-state index in [2.05, 4.69) is 0 Å². The highest BCUT2D eigenvalue weighted by Gasteiger charge is 2.14. The van der Waals surface area contributed by atoms with Crippen molar-refractivity contribution in [3.8, 4) is 5.75 Å². The van der Waals surface area contributed by atoms with Crippen LogP contribution in [-0.4, -0.2) is 40.3 Å². The van der Waals surface area contributed by atoms with Gasteiger partial charge in [-0.1, -0.05) is 48.5 Å². The van der Waals surface area contributed by atoms with Crippen LogP contribution in [0.2, 0.25) is 0 Å². The summed E-state index contributed by atoms with van der Waals surface area (Å²) in [5, 5.41) is 36.9. The number of hydrogen-bond acceptors (Lipinski definition) is 7. The minimum atomic E-state index is -1.58. The summed E-state index contributed by atoms with van der Waals surface area (Å²) < 4.78 is 6.81. The molecule has 4 rings (SSSR count). The van der Waals surface area contributed by atoms with Gasteiger partial charge in [-0.3, -0.25) is 0 Å². The lowest BCUT2D eigenvalue weighted by molar-refractivity contribution is 0.0735. The molecule has 0 radical (unpaired) electrons.